The van der Waals surface area contributed by atoms with Crippen molar-refractivity contribution in [3.63, 3.8) is 0 Å². The van der Waals surface area contributed by atoms with E-state index in [1.807, 2.05) is 18.2 Å². The zero-order chi connectivity index (χ0) is 24.8. The molecular weight excluding hydrogens is 471 g/mol. The molecule has 1 saturated heterocycles. The molecule has 1 fully saturated rings. The molecule has 1 aliphatic rings. The fourth-order valence-electron chi connectivity index (χ4n) is 3.81. The molecule has 3 aromatic rings. The number of carbonyl (C=O) groups is 2. The fourth-order valence-corrected chi connectivity index (χ4v) is 4.88. The largest absolute Gasteiger partial charge is 0.338 e. The number of para-hydroxylation sites is 2. The van der Waals surface area contributed by atoms with Crippen LogP contribution in [0.25, 0.3) is 0 Å². The van der Waals surface area contributed by atoms with Crippen LogP contribution >= 0.6 is 0 Å². The van der Waals surface area contributed by atoms with Crippen molar-refractivity contribution >= 4 is 33.3 Å². The third-order valence-corrected chi connectivity index (χ3v) is 7.06. The molecule has 3 N–H and O–H groups in total. The molecule has 0 atom stereocenters. The van der Waals surface area contributed by atoms with Crippen molar-refractivity contribution in [1.29, 1.82) is 0 Å². The molecule has 3 amide bonds. The van der Waals surface area contributed by atoms with E-state index in [0.29, 0.717) is 37.2 Å². The molecular formula is C25H25FN4O4S. The molecule has 8 nitrogen and oxygen atoms in total. The standard InChI is InChI=1S/C25H25FN4O4S/c26-22-8-4-5-9-23(22)29-35(33,34)21-12-10-18(11-13-21)24(31)30-16-14-20(15-17-30)28-25(32)27-19-6-2-1-3-7-19/h1-13,20,29H,14-17H2,(H2,27,28,32). The van der Waals surface area contributed by atoms with E-state index in [1.54, 1.807) is 17.0 Å². The summed E-state index contributed by atoms with van der Waals surface area (Å²) in [6.45, 7) is 0.925. The first-order valence-electron chi connectivity index (χ1n) is 11.1. The Balaban J connectivity index is 1.31. The number of hydrogen-bond donors (Lipinski definition) is 3. The second-order valence-corrected chi connectivity index (χ2v) is 9.82. The quantitative estimate of drug-likeness (QED) is 0.478. The van der Waals surface area contributed by atoms with Crippen molar-refractivity contribution in [2.45, 2.75) is 23.8 Å². The fraction of sp³-hybridized carbons (Fsp3) is 0.200. The van der Waals surface area contributed by atoms with Gasteiger partial charge in [-0.05, 0) is 61.4 Å². The first kappa shape index (κ1) is 24.2. The number of likely N-dealkylation sites (tertiary alicyclic amines) is 1. The van der Waals surface area contributed by atoms with Crippen molar-refractivity contribution in [3.8, 4) is 0 Å². The van der Waals surface area contributed by atoms with Crippen LogP contribution in [0, 0.1) is 5.82 Å². The first-order chi connectivity index (χ1) is 16.8. The summed E-state index contributed by atoms with van der Waals surface area (Å²) in [6.07, 6.45) is 1.21. The van der Waals surface area contributed by atoms with E-state index in [1.165, 1.54) is 42.5 Å². The van der Waals surface area contributed by atoms with Gasteiger partial charge in [-0.2, -0.15) is 0 Å². The van der Waals surface area contributed by atoms with Gasteiger partial charge in [-0.25, -0.2) is 17.6 Å². The summed E-state index contributed by atoms with van der Waals surface area (Å²) in [4.78, 5) is 26.7. The van der Waals surface area contributed by atoms with E-state index in [4.69, 9.17) is 0 Å². The number of sulfonamides is 1. The summed E-state index contributed by atoms with van der Waals surface area (Å²) in [5.74, 6) is -0.901. The lowest BCUT2D eigenvalue weighted by molar-refractivity contribution is 0.0708. The molecule has 10 heteroatoms. The van der Waals surface area contributed by atoms with Crippen molar-refractivity contribution < 1.29 is 22.4 Å². The van der Waals surface area contributed by atoms with Crippen molar-refractivity contribution in [2.24, 2.45) is 0 Å². The van der Waals surface area contributed by atoms with E-state index in [2.05, 4.69) is 15.4 Å². The lowest BCUT2D eigenvalue weighted by Crippen LogP contribution is -2.47. The van der Waals surface area contributed by atoms with Crippen LogP contribution in [0.1, 0.15) is 23.2 Å². The second-order valence-electron chi connectivity index (χ2n) is 8.14. The van der Waals surface area contributed by atoms with Gasteiger partial charge in [0.05, 0.1) is 10.6 Å². The van der Waals surface area contributed by atoms with Crippen molar-refractivity contribution in [3.05, 3.63) is 90.2 Å². The smallest absolute Gasteiger partial charge is 0.319 e. The molecule has 0 radical (unpaired) electrons. The molecule has 4 rings (SSSR count). The number of anilines is 2. The Morgan fingerprint density at radius 2 is 1.49 bits per heavy atom. The van der Waals surface area contributed by atoms with Crippen LogP contribution in [0.5, 0.6) is 0 Å². The zero-order valence-corrected chi connectivity index (χ0v) is 19.6. The summed E-state index contributed by atoms with van der Waals surface area (Å²) in [5.41, 5.74) is 0.900. The van der Waals surface area contributed by atoms with Gasteiger partial charge in [-0.3, -0.25) is 9.52 Å². The predicted octanol–water partition coefficient (Wildman–Crippen LogP) is 4.05. The highest BCUT2D eigenvalue weighted by atomic mass is 32.2. The van der Waals surface area contributed by atoms with E-state index in [-0.39, 0.29) is 28.6 Å². The van der Waals surface area contributed by atoms with Gasteiger partial charge in [-0.1, -0.05) is 30.3 Å². The molecule has 0 unspecified atom stereocenters. The van der Waals surface area contributed by atoms with Gasteiger partial charge in [0.1, 0.15) is 5.82 Å². The highest BCUT2D eigenvalue weighted by molar-refractivity contribution is 7.92. The normalized spacial score (nSPS) is 14.3. The number of nitrogens with zero attached hydrogens (tertiary/aromatic N) is 1. The molecule has 1 heterocycles. The van der Waals surface area contributed by atoms with E-state index < -0.39 is 15.8 Å². The third-order valence-electron chi connectivity index (χ3n) is 5.68. The lowest BCUT2D eigenvalue weighted by Gasteiger charge is -2.32. The van der Waals surface area contributed by atoms with E-state index >= 15 is 0 Å². The first-order valence-corrected chi connectivity index (χ1v) is 12.6. The van der Waals surface area contributed by atoms with Crippen LogP contribution in [-0.2, 0) is 10.0 Å². The second kappa shape index (κ2) is 10.6. The van der Waals surface area contributed by atoms with Crippen LogP contribution in [-0.4, -0.2) is 44.4 Å². The summed E-state index contributed by atoms with van der Waals surface area (Å²) >= 11 is 0. The molecule has 0 bridgehead atoms. The van der Waals surface area contributed by atoms with Crippen LogP contribution in [0.2, 0.25) is 0 Å². The van der Waals surface area contributed by atoms with Crippen LogP contribution in [0.15, 0.2) is 83.8 Å². The number of carbonyl (C=O) groups excluding carboxylic acids is 2. The molecule has 0 aliphatic carbocycles. The number of urea groups is 1. The lowest BCUT2D eigenvalue weighted by atomic mass is 10.0. The monoisotopic (exact) mass is 496 g/mol. The average molecular weight is 497 g/mol. The van der Waals surface area contributed by atoms with Crippen molar-refractivity contribution in [2.75, 3.05) is 23.1 Å². The Bertz CT molecular complexity index is 1290. The van der Waals surface area contributed by atoms with Gasteiger partial charge in [0.25, 0.3) is 15.9 Å². The Kier molecular flexibility index (Phi) is 7.31. The van der Waals surface area contributed by atoms with Crippen LogP contribution < -0.4 is 15.4 Å². The number of amides is 3. The predicted molar refractivity (Wildman–Crippen MR) is 131 cm³/mol. The summed E-state index contributed by atoms with van der Waals surface area (Å²) in [5, 5.41) is 5.71. The molecule has 1 aliphatic heterocycles. The summed E-state index contributed by atoms with van der Waals surface area (Å²) in [7, 11) is -4.01. The number of hydrogen-bond acceptors (Lipinski definition) is 4. The minimum Gasteiger partial charge on any atom is -0.338 e. The summed E-state index contributed by atoms with van der Waals surface area (Å²) < 4.78 is 41.1. The SMILES string of the molecule is O=C(Nc1ccccc1)NC1CCN(C(=O)c2ccc(S(=O)(=O)Nc3ccccc3F)cc2)CC1. The van der Waals surface area contributed by atoms with Gasteiger partial charge in [0, 0.05) is 30.4 Å². The van der Waals surface area contributed by atoms with Gasteiger partial charge in [0.15, 0.2) is 0 Å². The minimum absolute atomic E-state index is 0.0558. The molecule has 35 heavy (non-hydrogen) atoms. The van der Waals surface area contributed by atoms with Gasteiger partial charge >= 0.3 is 6.03 Å². The Morgan fingerprint density at radius 1 is 0.857 bits per heavy atom. The molecule has 0 spiro atoms. The minimum atomic E-state index is -4.01. The zero-order valence-electron chi connectivity index (χ0n) is 18.8. The molecule has 0 aromatic heterocycles. The number of rotatable bonds is 6. The van der Waals surface area contributed by atoms with Gasteiger partial charge < -0.3 is 15.5 Å². The van der Waals surface area contributed by atoms with Gasteiger partial charge in [-0.15, -0.1) is 0 Å². The maximum atomic E-state index is 13.8. The van der Waals surface area contributed by atoms with Crippen molar-refractivity contribution in [1.82, 2.24) is 10.2 Å². The maximum Gasteiger partial charge on any atom is 0.319 e. The van der Waals surface area contributed by atoms with E-state index in [9.17, 15) is 22.4 Å². The molecule has 3 aromatic carbocycles. The number of nitrogens with one attached hydrogen (secondary N) is 3. The van der Waals surface area contributed by atoms with E-state index in [0.717, 1.165) is 6.07 Å². The number of halogens is 1. The topological polar surface area (TPSA) is 108 Å². The summed E-state index contributed by atoms with van der Waals surface area (Å²) in [6, 6.07) is 19.8. The van der Waals surface area contributed by atoms with Crippen LogP contribution in [0.4, 0.5) is 20.6 Å². The average Bonchev–Trinajstić information content (AvgIpc) is 2.86. The maximum absolute atomic E-state index is 13.8. The number of piperidine rings is 1. The molecule has 182 valence electrons. The Labute approximate surface area is 203 Å². The third kappa shape index (κ3) is 6.15. The Hall–Kier alpha value is -3.92. The van der Waals surface area contributed by atoms with Gasteiger partial charge in [0.2, 0.25) is 0 Å². The highest BCUT2D eigenvalue weighted by Crippen LogP contribution is 2.20. The van der Waals surface area contributed by atoms with Crippen LogP contribution in [0.3, 0.4) is 0 Å². The highest BCUT2D eigenvalue weighted by Gasteiger charge is 2.25. The number of benzene rings is 3. The molecule has 0 saturated carbocycles. The Morgan fingerprint density at radius 3 is 2.14 bits per heavy atom.